The maximum Gasteiger partial charge on any atom is 0.234 e. The smallest absolute Gasteiger partial charge is 0.234 e. The Labute approximate surface area is 118 Å². The summed E-state index contributed by atoms with van der Waals surface area (Å²) in [5, 5.41) is 3.04. The highest BCUT2D eigenvalue weighted by Crippen LogP contribution is 2.47. The number of hydrogen-bond donors (Lipinski definition) is 1. The van der Waals surface area contributed by atoms with Gasteiger partial charge in [0.1, 0.15) is 0 Å². The number of carbonyl (C=O) groups excluding carboxylic acids is 2. The maximum absolute atomic E-state index is 12.3. The van der Waals surface area contributed by atoms with Crippen molar-refractivity contribution in [1.29, 1.82) is 0 Å². The standard InChI is InChI=1S/C15H18ClNO2/c1-9(2)15(3)8-12(18)17-14(19)13(15)10-5-4-6-11(16)7-10/h4-7,9,13H,8H2,1-3H3,(H,17,18,19). The van der Waals surface area contributed by atoms with E-state index < -0.39 is 0 Å². The van der Waals surface area contributed by atoms with Gasteiger partial charge in [-0.1, -0.05) is 44.5 Å². The Balaban J connectivity index is 2.50. The van der Waals surface area contributed by atoms with E-state index in [4.69, 9.17) is 11.6 Å². The van der Waals surface area contributed by atoms with Gasteiger partial charge in [-0.25, -0.2) is 0 Å². The molecule has 0 bridgehead atoms. The molecule has 4 heteroatoms. The number of imide groups is 1. The van der Waals surface area contributed by atoms with Crippen molar-refractivity contribution in [3.63, 3.8) is 0 Å². The summed E-state index contributed by atoms with van der Waals surface area (Å²) in [5.41, 5.74) is 0.484. The number of halogens is 1. The summed E-state index contributed by atoms with van der Waals surface area (Å²) in [5.74, 6) is -0.551. The van der Waals surface area contributed by atoms with Crippen molar-refractivity contribution in [2.24, 2.45) is 11.3 Å². The molecule has 19 heavy (non-hydrogen) atoms. The largest absolute Gasteiger partial charge is 0.296 e. The van der Waals surface area contributed by atoms with Crippen LogP contribution in [0.1, 0.15) is 38.7 Å². The lowest BCUT2D eigenvalue weighted by Crippen LogP contribution is -2.51. The molecular formula is C15H18ClNO2. The first-order valence-electron chi connectivity index (χ1n) is 6.44. The number of amides is 2. The van der Waals surface area contributed by atoms with Crippen LogP contribution in [0.25, 0.3) is 0 Å². The third-order valence-electron chi connectivity index (χ3n) is 4.23. The highest BCUT2D eigenvalue weighted by atomic mass is 35.5. The molecule has 0 aliphatic carbocycles. The van der Waals surface area contributed by atoms with Gasteiger partial charge in [-0.2, -0.15) is 0 Å². The molecule has 0 saturated carbocycles. The van der Waals surface area contributed by atoms with Crippen LogP contribution in [-0.4, -0.2) is 11.8 Å². The Morgan fingerprint density at radius 2 is 2.05 bits per heavy atom. The molecule has 0 spiro atoms. The van der Waals surface area contributed by atoms with Gasteiger partial charge in [-0.3, -0.25) is 14.9 Å². The van der Waals surface area contributed by atoms with Gasteiger partial charge in [0.05, 0.1) is 5.92 Å². The first kappa shape index (κ1) is 14.1. The highest BCUT2D eigenvalue weighted by Gasteiger charge is 2.47. The molecule has 102 valence electrons. The van der Waals surface area contributed by atoms with Gasteiger partial charge < -0.3 is 0 Å². The van der Waals surface area contributed by atoms with Crippen molar-refractivity contribution in [3.05, 3.63) is 34.9 Å². The second-order valence-electron chi connectivity index (χ2n) is 5.74. The van der Waals surface area contributed by atoms with Crippen LogP contribution in [0.15, 0.2) is 24.3 Å². The minimum Gasteiger partial charge on any atom is -0.296 e. The molecule has 2 unspecified atom stereocenters. The number of rotatable bonds is 2. The zero-order valence-electron chi connectivity index (χ0n) is 11.4. The van der Waals surface area contributed by atoms with E-state index in [1.807, 2.05) is 39.0 Å². The Bertz CT molecular complexity index is 527. The van der Waals surface area contributed by atoms with Crippen molar-refractivity contribution in [2.75, 3.05) is 0 Å². The normalized spacial score (nSPS) is 27.5. The van der Waals surface area contributed by atoms with Crippen LogP contribution in [0.3, 0.4) is 0 Å². The number of hydrogen-bond acceptors (Lipinski definition) is 2. The van der Waals surface area contributed by atoms with E-state index in [1.165, 1.54) is 0 Å². The van der Waals surface area contributed by atoms with Crippen LogP contribution in [0.5, 0.6) is 0 Å². The van der Waals surface area contributed by atoms with Gasteiger partial charge in [0.2, 0.25) is 11.8 Å². The second kappa shape index (κ2) is 4.97. The molecule has 1 aromatic carbocycles. The number of piperidine rings is 1. The van der Waals surface area contributed by atoms with E-state index in [-0.39, 0.29) is 29.1 Å². The lowest BCUT2D eigenvalue weighted by molar-refractivity contribution is -0.141. The van der Waals surface area contributed by atoms with Gasteiger partial charge in [0, 0.05) is 11.4 Å². The first-order valence-corrected chi connectivity index (χ1v) is 6.81. The highest BCUT2D eigenvalue weighted by molar-refractivity contribution is 6.30. The molecule has 0 aromatic heterocycles. The van der Waals surface area contributed by atoms with Crippen molar-refractivity contribution in [1.82, 2.24) is 5.32 Å². The molecule has 1 aliphatic heterocycles. The third-order valence-corrected chi connectivity index (χ3v) is 4.46. The van der Waals surface area contributed by atoms with Crippen LogP contribution in [0.2, 0.25) is 5.02 Å². The first-order chi connectivity index (χ1) is 8.84. The van der Waals surface area contributed by atoms with E-state index in [0.717, 1.165) is 5.56 Å². The van der Waals surface area contributed by atoms with E-state index in [2.05, 4.69) is 5.32 Å². The summed E-state index contributed by atoms with van der Waals surface area (Å²) >= 11 is 6.01. The van der Waals surface area contributed by atoms with Crippen LogP contribution >= 0.6 is 11.6 Å². The molecular weight excluding hydrogens is 262 g/mol. The zero-order valence-corrected chi connectivity index (χ0v) is 12.1. The summed E-state index contributed by atoms with van der Waals surface area (Å²) in [6.07, 6.45) is 0.355. The summed E-state index contributed by atoms with van der Waals surface area (Å²) in [4.78, 5) is 23.9. The fraction of sp³-hybridized carbons (Fsp3) is 0.467. The van der Waals surface area contributed by atoms with E-state index in [9.17, 15) is 9.59 Å². The van der Waals surface area contributed by atoms with Gasteiger partial charge in [0.15, 0.2) is 0 Å². The average molecular weight is 280 g/mol. The Morgan fingerprint density at radius 3 is 2.63 bits per heavy atom. The lowest BCUT2D eigenvalue weighted by Gasteiger charge is -2.43. The lowest BCUT2D eigenvalue weighted by atomic mass is 9.62. The second-order valence-corrected chi connectivity index (χ2v) is 6.17. The number of benzene rings is 1. The minimum atomic E-state index is -0.385. The SMILES string of the molecule is CC(C)C1(C)CC(=O)NC(=O)C1c1cccc(Cl)c1. The molecule has 2 atom stereocenters. The van der Waals surface area contributed by atoms with Crippen molar-refractivity contribution in [2.45, 2.75) is 33.1 Å². The molecule has 1 aliphatic rings. The summed E-state index contributed by atoms with van der Waals surface area (Å²) < 4.78 is 0. The van der Waals surface area contributed by atoms with Gasteiger partial charge in [0.25, 0.3) is 0 Å². The van der Waals surface area contributed by atoms with E-state index in [0.29, 0.717) is 11.4 Å². The molecule has 2 amide bonds. The van der Waals surface area contributed by atoms with Gasteiger partial charge >= 0.3 is 0 Å². The molecule has 1 saturated heterocycles. The van der Waals surface area contributed by atoms with E-state index >= 15 is 0 Å². The molecule has 1 heterocycles. The molecule has 1 N–H and O–H groups in total. The quantitative estimate of drug-likeness (QED) is 0.846. The Kier molecular flexibility index (Phi) is 3.68. The number of nitrogens with one attached hydrogen (secondary N) is 1. The molecule has 0 radical (unpaired) electrons. The minimum absolute atomic E-state index is 0.195. The fourth-order valence-electron chi connectivity index (χ4n) is 2.76. The number of carbonyl (C=O) groups is 2. The van der Waals surface area contributed by atoms with Crippen LogP contribution in [0.4, 0.5) is 0 Å². The van der Waals surface area contributed by atoms with Gasteiger partial charge in [-0.15, -0.1) is 0 Å². The van der Waals surface area contributed by atoms with Crippen LogP contribution in [0, 0.1) is 11.3 Å². The molecule has 2 rings (SSSR count). The summed E-state index contributed by atoms with van der Waals surface area (Å²) in [6, 6.07) is 7.32. The van der Waals surface area contributed by atoms with Crippen LogP contribution < -0.4 is 5.32 Å². The van der Waals surface area contributed by atoms with E-state index in [1.54, 1.807) is 6.07 Å². The molecule has 3 nitrogen and oxygen atoms in total. The fourth-order valence-corrected chi connectivity index (χ4v) is 2.96. The third kappa shape index (κ3) is 2.52. The van der Waals surface area contributed by atoms with Crippen molar-refractivity contribution < 1.29 is 9.59 Å². The average Bonchev–Trinajstić information content (AvgIpc) is 2.27. The Hall–Kier alpha value is -1.35. The van der Waals surface area contributed by atoms with Crippen LogP contribution in [-0.2, 0) is 9.59 Å². The van der Waals surface area contributed by atoms with Crippen molar-refractivity contribution >= 4 is 23.4 Å². The topological polar surface area (TPSA) is 46.2 Å². The zero-order chi connectivity index (χ0) is 14.2. The predicted octanol–water partition coefficient (Wildman–Crippen LogP) is 3.13. The molecule has 1 fully saturated rings. The summed E-state index contributed by atoms with van der Waals surface area (Å²) in [7, 11) is 0. The molecule has 1 aromatic rings. The predicted molar refractivity (Wildman–Crippen MR) is 74.9 cm³/mol. The summed E-state index contributed by atoms with van der Waals surface area (Å²) in [6.45, 7) is 6.09. The maximum atomic E-state index is 12.3. The Morgan fingerprint density at radius 1 is 1.37 bits per heavy atom. The monoisotopic (exact) mass is 279 g/mol. The van der Waals surface area contributed by atoms with Gasteiger partial charge in [-0.05, 0) is 29.0 Å². The van der Waals surface area contributed by atoms with Crippen molar-refractivity contribution in [3.8, 4) is 0 Å².